The molecule has 1 aromatic rings. The fraction of sp³-hybridized carbons (Fsp3) is 0.615. The summed E-state index contributed by atoms with van der Waals surface area (Å²) >= 11 is 12.2. The molecule has 0 bridgehead atoms. The molecule has 0 spiro atoms. The number of esters is 1. The molecule has 0 radical (unpaired) electrons. The van der Waals surface area contributed by atoms with Gasteiger partial charge in [0.25, 0.3) is 0 Å². The lowest BCUT2D eigenvalue weighted by atomic mass is 9.86. The van der Waals surface area contributed by atoms with Crippen molar-refractivity contribution in [3.63, 3.8) is 0 Å². The first-order valence-electron chi connectivity index (χ1n) is 12.0. The van der Waals surface area contributed by atoms with Gasteiger partial charge in [0, 0.05) is 18.1 Å². The minimum atomic E-state index is -1.91. The smallest absolute Gasteiger partial charge is 0.408 e. The predicted molar refractivity (Wildman–Crippen MR) is 147 cm³/mol. The van der Waals surface area contributed by atoms with Crippen LogP contribution in [0.4, 0.5) is 4.79 Å². The normalized spacial score (nSPS) is 29.2. The second-order valence-electron chi connectivity index (χ2n) is 11.6. The molecule has 2 aliphatic carbocycles. The summed E-state index contributed by atoms with van der Waals surface area (Å²) in [6.07, 6.45) is -1.19. The number of carbonyl (C=O) groups is 3. The van der Waals surface area contributed by atoms with Gasteiger partial charge in [-0.15, -0.1) is 0 Å². The summed E-state index contributed by atoms with van der Waals surface area (Å²) < 4.78 is 23.6. The van der Waals surface area contributed by atoms with Gasteiger partial charge >= 0.3 is 18.0 Å². The third-order valence-corrected chi connectivity index (χ3v) is 7.44. The van der Waals surface area contributed by atoms with Crippen molar-refractivity contribution < 1.29 is 37.9 Å². The van der Waals surface area contributed by atoms with Crippen LogP contribution >= 0.6 is 34.0 Å². The number of amides is 1. The van der Waals surface area contributed by atoms with Gasteiger partial charge in [-0.1, -0.05) is 45.9 Å². The van der Waals surface area contributed by atoms with E-state index in [1.807, 2.05) is 0 Å². The van der Waals surface area contributed by atoms with Crippen LogP contribution in [0.1, 0.15) is 47.1 Å². The summed E-state index contributed by atoms with van der Waals surface area (Å²) in [5.41, 5.74) is -3.10. The number of carboxylic acids is 1. The number of hydrogen-bond donors (Lipinski definition) is 2. The molecule has 1 unspecified atom stereocenters. The largest absolute Gasteiger partial charge is 0.481 e. The number of aliphatic carboxylic acids is 1. The molecule has 0 saturated heterocycles. The molecule has 2 fully saturated rings. The number of nitrogens with one attached hydrogen (secondary N) is 1. The quantitative estimate of drug-likeness (QED) is 0.317. The third-order valence-electron chi connectivity index (χ3n) is 6.15. The second-order valence-corrected chi connectivity index (χ2v) is 13.7. The number of ether oxygens (including phenoxy) is 3. The van der Waals surface area contributed by atoms with E-state index in [0.717, 1.165) is 0 Å². The van der Waals surface area contributed by atoms with Crippen molar-refractivity contribution in [2.24, 2.45) is 17.8 Å². The summed E-state index contributed by atoms with van der Waals surface area (Å²) in [5, 5.41) is 13.4. The summed E-state index contributed by atoms with van der Waals surface area (Å²) in [7, 11) is -0.855. The van der Waals surface area contributed by atoms with Gasteiger partial charge in [-0.3, -0.25) is 4.79 Å². The first kappa shape index (κ1) is 30.7. The number of benzene rings is 1. The standard InChI is InChI=1S/C26H35Cl2NO8S/c1-24(2,3)35-22(32)26(29-23(33)36-25(4,5)6)18-16(17(18)21(30)31)19(37-38(7)8)20(26)34-12-13-9-10-14(27)15(28)11-13/h9-11,16-20H,7,12H2,1-6,8H3,(H,29,33)(H,30,31)/t16-,17-,18-,19+,20+,26+,38?/m0/s1. The van der Waals surface area contributed by atoms with Crippen LogP contribution in [0.15, 0.2) is 18.2 Å². The van der Waals surface area contributed by atoms with Gasteiger partial charge in [0.2, 0.25) is 0 Å². The minimum absolute atomic E-state index is 0.0340. The second kappa shape index (κ2) is 11.0. The molecule has 2 saturated carbocycles. The van der Waals surface area contributed by atoms with E-state index in [0.29, 0.717) is 15.6 Å². The lowest BCUT2D eigenvalue weighted by Crippen LogP contribution is -2.67. The Morgan fingerprint density at radius 3 is 2.18 bits per heavy atom. The van der Waals surface area contributed by atoms with Crippen LogP contribution in [0.25, 0.3) is 0 Å². The summed E-state index contributed by atoms with van der Waals surface area (Å²) in [4.78, 5) is 39.3. The molecule has 0 heterocycles. The molecule has 0 aliphatic heterocycles. The van der Waals surface area contributed by atoms with Crippen molar-refractivity contribution >= 4 is 57.9 Å². The van der Waals surface area contributed by atoms with Gasteiger partial charge in [0.05, 0.1) is 22.6 Å². The van der Waals surface area contributed by atoms with E-state index in [1.54, 1.807) is 66.0 Å². The highest BCUT2D eigenvalue weighted by atomic mass is 35.5. The zero-order valence-electron chi connectivity index (χ0n) is 22.5. The maximum Gasteiger partial charge on any atom is 0.408 e. The molecule has 212 valence electrons. The number of alkyl carbamates (subject to hydrolysis) is 1. The van der Waals surface area contributed by atoms with Crippen LogP contribution in [0.2, 0.25) is 10.0 Å². The molecule has 1 amide bonds. The van der Waals surface area contributed by atoms with Crippen molar-refractivity contribution in [2.45, 2.75) is 77.1 Å². The summed E-state index contributed by atoms with van der Waals surface area (Å²) in [6.45, 7) is 10.0. The Labute approximate surface area is 235 Å². The molecule has 1 aromatic carbocycles. The predicted octanol–water partition coefficient (Wildman–Crippen LogP) is 5.08. The van der Waals surface area contributed by atoms with Gasteiger partial charge in [0.15, 0.2) is 5.54 Å². The van der Waals surface area contributed by atoms with Crippen LogP contribution in [0.5, 0.6) is 0 Å². The van der Waals surface area contributed by atoms with E-state index >= 15 is 0 Å². The van der Waals surface area contributed by atoms with Gasteiger partial charge in [0.1, 0.15) is 23.4 Å². The maximum absolute atomic E-state index is 14.0. The van der Waals surface area contributed by atoms with E-state index in [2.05, 4.69) is 11.2 Å². The number of fused-ring (bicyclic) bond motifs is 1. The molecule has 0 aromatic heterocycles. The molecule has 9 nitrogen and oxygen atoms in total. The number of halogens is 2. The number of carboxylic acid groups (broad SMARTS) is 1. The molecular formula is C26H35Cl2NO8S. The first-order chi connectivity index (χ1) is 17.4. The SMILES string of the molecule is C=S(C)O[C@@H]1[C@H]2[C@H](C(=O)O)[C@H]2[C@](NC(=O)OC(C)(C)C)(C(=O)OC(C)(C)C)[C@@H]1OCc1ccc(Cl)c(Cl)c1. The van der Waals surface area contributed by atoms with E-state index in [4.69, 9.17) is 41.6 Å². The summed E-state index contributed by atoms with van der Waals surface area (Å²) in [6, 6.07) is 4.95. The maximum atomic E-state index is 14.0. The zero-order chi connectivity index (χ0) is 28.8. The van der Waals surface area contributed by atoms with Crippen LogP contribution < -0.4 is 5.32 Å². The van der Waals surface area contributed by atoms with Gasteiger partial charge in [-0.2, -0.15) is 0 Å². The molecule has 2 aliphatic rings. The molecule has 3 rings (SSSR count). The van der Waals surface area contributed by atoms with E-state index in [-0.39, 0.29) is 6.61 Å². The highest BCUT2D eigenvalue weighted by molar-refractivity contribution is 8.09. The van der Waals surface area contributed by atoms with Crippen molar-refractivity contribution in [3.05, 3.63) is 33.8 Å². The first-order valence-corrected chi connectivity index (χ1v) is 14.5. The molecule has 38 heavy (non-hydrogen) atoms. The van der Waals surface area contributed by atoms with Crippen molar-refractivity contribution in [1.29, 1.82) is 0 Å². The fourth-order valence-corrected chi connectivity index (χ4v) is 5.87. The Bertz CT molecular complexity index is 1130. The van der Waals surface area contributed by atoms with E-state index in [1.165, 1.54) is 0 Å². The minimum Gasteiger partial charge on any atom is -0.481 e. The Morgan fingerprint density at radius 2 is 1.68 bits per heavy atom. The Kier molecular flexibility index (Phi) is 8.85. The third kappa shape index (κ3) is 6.65. The van der Waals surface area contributed by atoms with Gasteiger partial charge in [-0.05, 0) is 59.2 Å². The number of carbonyl (C=O) groups excluding carboxylic acids is 2. The number of rotatable bonds is 8. The van der Waals surface area contributed by atoms with Crippen molar-refractivity contribution in [1.82, 2.24) is 5.32 Å². The van der Waals surface area contributed by atoms with Crippen LogP contribution in [0.3, 0.4) is 0 Å². The summed E-state index contributed by atoms with van der Waals surface area (Å²) in [5.74, 6) is -0.522. The van der Waals surface area contributed by atoms with E-state index in [9.17, 15) is 19.5 Å². The lowest BCUT2D eigenvalue weighted by molar-refractivity contribution is -0.175. The monoisotopic (exact) mass is 591 g/mol. The number of hydrogen-bond acceptors (Lipinski definition) is 7. The average Bonchev–Trinajstić information content (AvgIpc) is 3.42. The van der Waals surface area contributed by atoms with Gasteiger partial charge < -0.3 is 28.8 Å². The molecular weight excluding hydrogens is 557 g/mol. The Hall–Kier alpha value is -1.85. The van der Waals surface area contributed by atoms with Gasteiger partial charge in [-0.25, -0.2) is 9.59 Å². The van der Waals surface area contributed by atoms with Crippen molar-refractivity contribution in [2.75, 3.05) is 6.26 Å². The molecule has 2 N–H and O–H groups in total. The topological polar surface area (TPSA) is 120 Å². The zero-order valence-corrected chi connectivity index (χ0v) is 24.8. The average molecular weight is 593 g/mol. The fourth-order valence-electron chi connectivity index (χ4n) is 4.94. The van der Waals surface area contributed by atoms with E-state index < -0.39 is 75.5 Å². The highest BCUT2D eigenvalue weighted by Crippen LogP contribution is 2.65. The van der Waals surface area contributed by atoms with Crippen molar-refractivity contribution in [3.8, 4) is 0 Å². The Balaban J connectivity index is 2.11. The molecule has 7 atom stereocenters. The molecule has 12 heteroatoms. The highest BCUT2D eigenvalue weighted by Gasteiger charge is 2.81. The van der Waals surface area contributed by atoms with Crippen LogP contribution in [-0.4, -0.2) is 64.2 Å². The lowest BCUT2D eigenvalue weighted by Gasteiger charge is -2.40. The van der Waals surface area contributed by atoms with Crippen LogP contribution in [-0.2, 0) is 34.6 Å². The Morgan fingerprint density at radius 1 is 1.08 bits per heavy atom. The van der Waals surface area contributed by atoms with Crippen LogP contribution in [0, 0.1) is 17.8 Å².